The molecule has 0 aromatic carbocycles. The van der Waals surface area contributed by atoms with Crippen LogP contribution in [0.2, 0.25) is 0 Å². The Morgan fingerprint density at radius 3 is 2.74 bits per heavy atom. The van der Waals surface area contributed by atoms with Gasteiger partial charge in [-0.05, 0) is 13.0 Å². The second-order valence-electron chi connectivity index (χ2n) is 5.11. The summed E-state index contributed by atoms with van der Waals surface area (Å²) in [6.07, 6.45) is 3.25. The first-order chi connectivity index (χ1) is 13.0. The standard InChI is InChI=1S/C16H12F2N6O2S.H2/c1-8-6-27-16(23-8)24-15(25)11-2-9(5-21-14(11)22-7-19)26-10-3-12(17)13(18)20-4-10;/h2-7H,1H3,(H2,19,21,22)(H,23,24,25);1H. The van der Waals surface area contributed by atoms with Gasteiger partial charge in [-0.2, -0.15) is 4.39 Å². The highest BCUT2D eigenvalue weighted by molar-refractivity contribution is 7.13. The summed E-state index contributed by atoms with van der Waals surface area (Å²) in [6, 6.07) is 2.17. The number of aryl methyl sites for hydroxylation is 1. The highest BCUT2D eigenvalue weighted by Gasteiger charge is 2.16. The lowest BCUT2D eigenvalue weighted by atomic mass is 10.2. The van der Waals surface area contributed by atoms with E-state index in [1.54, 1.807) is 12.3 Å². The van der Waals surface area contributed by atoms with Gasteiger partial charge in [-0.25, -0.2) is 24.3 Å². The molecule has 0 aliphatic heterocycles. The molecule has 0 spiro atoms. The van der Waals surface area contributed by atoms with Gasteiger partial charge in [0, 0.05) is 12.9 Å². The fourth-order valence-electron chi connectivity index (χ4n) is 2.01. The van der Waals surface area contributed by atoms with E-state index in [0.29, 0.717) is 5.13 Å². The topological polar surface area (TPSA) is 115 Å². The van der Waals surface area contributed by atoms with Gasteiger partial charge in [0.25, 0.3) is 5.91 Å². The van der Waals surface area contributed by atoms with Gasteiger partial charge in [-0.1, -0.05) is 0 Å². The van der Waals surface area contributed by atoms with E-state index in [1.165, 1.54) is 23.6 Å². The Labute approximate surface area is 157 Å². The number of rotatable bonds is 5. The number of anilines is 1. The predicted octanol–water partition coefficient (Wildman–Crippen LogP) is 3.43. The molecule has 0 saturated heterocycles. The van der Waals surface area contributed by atoms with Crippen molar-refractivity contribution in [3.8, 4) is 11.5 Å². The number of nitrogens with one attached hydrogen (secondary N) is 1. The molecule has 27 heavy (non-hydrogen) atoms. The van der Waals surface area contributed by atoms with Crippen molar-refractivity contribution in [2.75, 3.05) is 5.32 Å². The molecule has 0 aliphatic rings. The summed E-state index contributed by atoms with van der Waals surface area (Å²) in [5, 5.41) is 4.80. The van der Waals surface area contributed by atoms with Crippen LogP contribution in [0, 0.1) is 18.7 Å². The first-order valence-corrected chi connectivity index (χ1v) is 8.31. The lowest BCUT2D eigenvalue weighted by Crippen LogP contribution is -2.13. The van der Waals surface area contributed by atoms with Crippen molar-refractivity contribution in [2.24, 2.45) is 10.7 Å². The molecule has 0 saturated carbocycles. The van der Waals surface area contributed by atoms with Gasteiger partial charge < -0.3 is 10.5 Å². The van der Waals surface area contributed by atoms with Gasteiger partial charge in [0.1, 0.15) is 11.5 Å². The van der Waals surface area contributed by atoms with Crippen LogP contribution in [0.3, 0.4) is 0 Å². The van der Waals surface area contributed by atoms with Gasteiger partial charge in [-0.3, -0.25) is 10.1 Å². The molecule has 3 heterocycles. The Balaban J connectivity index is 0.00000280. The number of nitrogens with zero attached hydrogens (tertiary/aromatic N) is 4. The minimum Gasteiger partial charge on any atom is -0.454 e. The van der Waals surface area contributed by atoms with Gasteiger partial charge in [0.15, 0.2) is 16.8 Å². The number of halogens is 2. The van der Waals surface area contributed by atoms with Crippen molar-refractivity contribution in [1.82, 2.24) is 15.0 Å². The number of pyridine rings is 2. The van der Waals surface area contributed by atoms with E-state index in [-0.39, 0.29) is 24.3 Å². The Bertz CT molecular complexity index is 1030. The molecule has 8 nitrogen and oxygen atoms in total. The van der Waals surface area contributed by atoms with Crippen LogP contribution in [-0.2, 0) is 0 Å². The van der Waals surface area contributed by atoms with Crippen LogP contribution >= 0.6 is 11.3 Å². The Kier molecular flexibility index (Phi) is 5.31. The first kappa shape index (κ1) is 18.3. The molecule has 0 aliphatic carbocycles. The second-order valence-corrected chi connectivity index (χ2v) is 5.97. The van der Waals surface area contributed by atoms with Crippen LogP contribution in [0.1, 0.15) is 17.5 Å². The highest BCUT2D eigenvalue weighted by atomic mass is 32.1. The summed E-state index contributed by atoms with van der Waals surface area (Å²) >= 11 is 1.26. The monoisotopic (exact) mass is 392 g/mol. The SMILES string of the molecule is Cc1csc(NC(=O)c2cc(Oc3cnc(F)c(F)c3)cnc2/N=C\N)n1.[HH]. The van der Waals surface area contributed by atoms with Gasteiger partial charge in [0.05, 0.1) is 30.0 Å². The van der Waals surface area contributed by atoms with Gasteiger partial charge in [0.2, 0.25) is 5.95 Å². The molecule has 0 atom stereocenters. The fraction of sp³-hybridized carbons (Fsp3) is 0.0625. The Morgan fingerprint density at radius 2 is 2.07 bits per heavy atom. The van der Waals surface area contributed by atoms with Crippen LogP contribution in [0.5, 0.6) is 11.5 Å². The number of hydrogen-bond acceptors (Lipinski definition) is 7. The van der Waals surface area contributed by atoms with E-state index in [2.05, 4.69) is 25.3 Å². The smallest absolute Gasteiger partial charge is 0.261 e. The summed E-state index contributed by atoms with van der Waals surface area (Å²) < 4.78 is 31.6. The number of amides is 1. The molecular formula is C16H14F2N6O2S. The fourth-order valence-corrected chi connectivity index (χ4v) is 2.69. The molecule has 3 aromatic rings. The predicted molar refractivity (Wildman–Crippen MR) is 97.7 cm³/mol. The van der Waals surface area contributed by atoms with E-state index in [9.17, 15) is 13.6 Å². The third kappa shape index (κ3) is 4.39. The molecule has 140 valence electrons. The van der Waals surface area contributed by atoms with Crippen molar-refractivity contribution in [2.45, 2.75) is 6.92 Å². The zero-order valence-corrected chi connectivity index (χ0v) is 14.6. The minimum atomic E-state index is -1.24. The van der Waals surface area contributed by atoms with Crippen LogP contribution in [-0.4, -0.2) is 27.2 Å². The van der Waals surface area contributed by atoms with Gasteiger partial charge in [-0.15, -0.1) is 11.3 Å². The zero-order chi connectivity index (χ0) is 19.4. The zero-order valence-electron chi connectivity index (χ0n) is 13.8. The van der Waals surface area contributed by atoms with Crippen LogP contribution in [0.25, 0.3) is 0 Å². The number of aromatic nitrogens is 3. The maximum Gasteiger partial charge on any atom is 0.261 e. The van der Waals surface area contributed by atoms with E-state index < -0.39 is 17.7 Å². The largest absolute Gasteiger partial charge is 0.454 e. The Hall–Kier alpha value is -3.47. The third-order valence-corrected chi connectivity index (χ3v) is 4.00. The van der Waals surface area contributed by atoms with E-state index in [1.807, 2.05) is 0 Å². The second kappa shape index (κ2) is 7.83. The maximum atomic E-state index is 13.3. The molecule has 3 rings (SSSR count). The third-order valence-electron chi connectivity index (χ3n) is 3.13. The van der Waals surface area contributed by atoms with Crippen molar-refractivity contribution in [3.05, 3.63) is 52.9 Å². The number of nitrogens with two attached hydrogens (primary N) is 1. The van der Waals surface area contributed by atoms with Gasteiger partial charge >= 0.3 is 0 Å². The van der Waals surface area contributed by atoms with Crippen molar-refractivity contribution < 1.29 is 19.7 Å². The summed E-state index contributed by atoms with van der Waals surface area (Å²) in [5.41, 5.74) is 6.10. The van der Waals surface area contributed by atoms with Crippen molar-refractivity contribution in [3.63, 3.8) is 0 Å². The molecule has 3 aromatic heterocycles. The quantitative estimate of drug-likeness (QED) is 0.390. The average Bonchev–Trinajstić information content (AvgIpc) is 3.04. The number of aliphatic imine (C=N–C) groups is 1. The summed E-state index contributed by atoms with van der Waals surface area (Å²) in [7, 11) is 0. The lowest BCUT2D eigenvalue weighted by Gasteiger charge is -2.09. The highest BCUT2D eigenvalue weighted by Crippen LogP contribution is 2.27. The average molecular weight is 392 g/mol. The molecule has 11 heteroatoms. The summed E-state index contributed by atoms with van der Waals surface area (Å²) in [6.45, 7) is 1.79. The summed E-state index contributed by atoms with van der Waals surface area (Å²) in [5.74, 6) is -2.86. The molecule has 1 amide bonds. The van der Waals surface area contributed by atoms with E-state index in [0.717, 1.165) is 24.3 Å². The van der Waals surface area contributed by atoms with Crippen LogP contribution < -0.4 is 15.8 Å². The van der Waals surface area contributed by atoms with E-state index >= 15 is 0 Å². The van der Waals surface area contributed by atoms with Crippen molar-refractivity contribution in [1.29, 1.82) is 0 Å². The van der Waals surface area contributed by atoms with Crippen molar-refractivity contribution >= 4 is 34.5 Å². The Morgan fingerprint density at radius 1 is 1.33 bits per heavy atom. The number of hydrogen-bond donors (Lipinski definition) is 2. The molecular weight excluding hydrogens is 378 g/mol. The normalized spacial score (nSPS) is 10.9. The van der Waals surface area contributed by atoms with Crippen LogP contribution in [0.15, 0.2) is 34.9 Å². The number of thiazole rings is 1. The van der Waals surface area contributed by atoms with Crippen LogP contribution in [0.4, 0.5) is 19.7 Å². The number of carbonyl (C=O) groups is 1. The number of ether oxygens (including phenoxy) is 1. The molecule has 0 fully saturated rings. The molecule has 0 radical (unpaired) electrons. The number of carbonyl (C=O) groups excluding carboxylic acids is 1. The summed E-state index contributed by atoms with van der Waals surface area (Å²) in [4.78, 5) is 27.8. The minimum absolute atomic E-state index is 0. The lowest BCUT2D eigenvalue weighted by molar-refractivity contribution is 0.102. The molecule has 0 bridgehead atoms. The molecule has 3 N–H and O–H groups in total. The first-order valence-electron chi connectivity index (χ1n) is 7.43. The molecule has 0 unspecified atom stereocenters. The maximum absolute atomic E-state index is 13.3. The van der Waals surface area contributed by atoms with E-state index in [4.69, 9.17) is 10.5 Å².